The highest BCUT2D eigenvalue weighted by molar-refractivity contribution is 8.00. The number of nitrogens with two attached hydrogens (primary N) is 1. The number of phenolic OH excluding ortho intramolecular Hbond substituents is 2. The van der Waals surface area contributed by atoms with Gasteiger partial charge in [0.05, 0.1) is 30.9 Å². The zero-order valence-corrected chi connectivity index (χ0v) is 76.9. The molecule has 11 atom stereocenters. The van der Waals surface area contributed by atoms with Gasteiger partial charge in [-0.3, -0.25) is 71.9 Å². The van der Waals surface area contributed by atoms with Gasteiger partial charge in [0, 0.05) is 110 Å². The molecule has 1 aromatic heterocycles. The van der Waals surface area contributed by atoms with Crippen LogP contribution in [0.25, 0.3) is 10.9 Å². The van der Waals surface area contributed by atoms with Crippen molar-refractivity contribution in [3.05, 3.63) is 203 Å². The minimum absolute atomic E-state index is 0.0649. The number of hydrogen-bond acceptors (Lipinski definition) is 18. The van der Waals surface area contributed by atoms with Crippen LogP contribution >= 0.6 is 20.6 Å². The van der Waals surface area contributed by atoms with Gasteiger partial charge in [0.1, 0.15) is 78.0 Å². The number of aromatic nitrogens is 1. The summed E-state index contributed by atoms with van der Waals surface area (Å²) in [4.78, 5) is 234. The van der Waals surface area contributed by atoms with Gasteiger partial charge in [0.15, 0.2) is 0 Å². The number of nitrogens with zero attached hydrogens (tertiary/aromatic N) is 6. The maximum Gasteiger partial charge on any atom is 0.246 e. The molecule has 0 bridgehead atoms. The van der Waals surface area contributed by atoms with Crippen LogP contribution in [0.5, 0.6) is 11.5 Å². The summed E-state index contributed by atoms with van der Waals surface area (Å²) in [5.74, 6) is -15.0. The molecule has 0 radical (unpaired) electrons. The van der Waals surface area contributed by atoms with Crippen molar-refractivity contribution in [1.29, 1.82) is 0 Å². The molecule has 1 aliphatic rings. The summed E-state index contributed by atoms with van der Waals surface area (Å²) in [6, 6.07) is 28.3. The van der Waals surface area contributed by atoms with Crippen molar-refractivity contribution in [1.82, 2.24) is 76.9 Å². The van der Waals surface area contributed by atoms with E-state index in [0.717, 1.165) is 31.4 Å². The second-order valence-corrected chi connectivity index (χ2v) is 35.1. The largest absolute Gasteiger partial charge is 0.508 e. The third-order valence-electron chi connectivity index (χ3n) is 22.5. The Bertz CT molecular complexity index is 5110. The third kappa shape index (κ3) is 30.3. The molecule has 36 heteroatoms. The van der Waals surface area contributed by atoms with Gasteiger partial charge in [-0.25, -0.2) is 0 Å². The zero-order valence-electron chi connectivity index (χ0n) is 75.1. The first-order chi connectivity index (χ1) is 61.8. The number of amides is 15. The number of hydrogen-bond donors (Lipinski definition) is 13. The lowest BCUT2D eigenvalue weighted by molar-refractivity contribution is -0.151. The van der Waals surface area contributed by atoms with Gasteiger partial charge < -0.3 is 98.0 Å². The maximum atomic E-state index is 15.8. The maximum absolute atomic E-state index is 15.8. The Morgan fingerprint density at radius 2 is 0.900 bits per heavy atom. The molecule has 14 N–H and O–H groups in total. The van der Waals surface area contributed by atoms with E-state index in [1.54, 1.807) is 149 Å². The number of carbonyl (C=O) groups is 15. The molecular weight excluding hydrogens is 1700 g/mol. The molecule has 34 nitrogen and oxygen atoms in total. The van der Waals surface area contributed by atoms with Crippen molar-refractivity contribution in [2.24, 2.45) is 17.6 Å². The fraction of sp³-hybridized carbons (Fsp3) is 0.426. The van der Waals surface area contributed by atoms with Crippen LogP contribution in [0.1, 0.15) is 100 Å². The topological polar surface area (TPSA) is 474 Å². The predicted octanol–water partition coefficient (Wildman–Crippen LogP) is 3.23. The van der Waals surface area contributed by atoms with Gasteiger partial charge in [0.25, 0.3) is 0 Å². The molecule has 0 saturated carbocycles. The summed E-state index contributed by atoms with van der Waals surface area (Å²) in [5, 5.41) is 53.9. The number of likely N-dealkylation sites (N-methyl/N-ethyl adjacent to an activating group) is 6. The quantitative estimate of drug-likeness (QED) is 0.0409. The summed E-state index contributed by atoms with van der Waals surface area (Å²) in [5.41, 5.74) is 8.77. The van der Waals surface area contributed by atoms with Gasteiger partial charge in [-0.15, -0.1) is 11.8 Å². The molecule has 696 valence electrons. The van der Waals surface area contributed by atoms with Crippen molar-refractivity contribution in [2.45, 2.75) is 172 Å². The van der Waals surface area contributed by atoms with E-state index in [2.05, 4.69) is 56.4 Å². The smallest absolute Gasteiger partial charge is 0.246 e. The molecule has 0 aliphatic carbocycles. The number of aromatic amines is 1. The molecule has 15 amide bonds. The summed E-state index contributed by atoms with van der Waals surface area (Å²) < 4.78 is 0. The molecule has 8 rings (SSSR count). The number of rotatable bonds is 23. The van der Waals surface area contributed by atoms with Gasteiger partial charge >= 0.3 is 0 Å². The van der Waals surface area contributed by atoms with Crippen LogP contribution in [0.15, 0.2) is 170 Å². The summed E-state index contributed by atoms with van der Waals surface area (Å²) in [6.07, 6.45) is 0.832. The number of para-hydroxylation sites is 1. The molecular formula is C94H121N16O18PS. The molecule has 130 heavy (non-hydrogen) atoms. The van der Waals surface area contributed by atoms with Crippen LogP contribution in [0.3, 0.4) is 0 Å². The number of primary amides is 1. The van der Waals surface area contributed by atoms with E-state index in [4.69, 9.17) is 5.73 Å². The Hall–Kier alpha value is -13.0. The zero-order chi connectivity index (χ0) is 95.2. The molecule has 0 unspecified atom stereocenters. The number of aliphatic hydroxyl groups is 1. The number of nitrogens with one attached hydrogen (secondary N) is 9. The third-order valence-corrected chi connectivity index (χ3v) is 23.8. The molecule has 6 aromatic carbocycles. The van der Waals surface area contributed by atoms with Crippen LogP contribution < -0.4 is 48.3 Å². The first-order valence-corrected chi connectivity index (χ1v) is 44.8. The van der Waals surface area contributed by atoms with Crippen LogP contribution in [0.2, 0.25) is 0 Å². The molecule has 1 fully saturated rings. The SMILES string of the molecule is CCCC[C@H]1C(=O)N(C)CC(=O)N[C@@H](CC(O)=P)C(=O)N[C@@H](C(C)C)C(=O)N(C)[C@@H](Cc2ccccc2)C(=O)N[C@@H](Cc2ccc(O)cc2)C(=O)N(C)CC(=O)N[C@@H](Cc2c[nH]c3ccccc23)C(=O)N(C)[C@@H](Cc2ccc(O)cc2)C(=O)N[C@@H](CC(C)C)C(=O)N[C@H](C(=O)NCC(N)=O)CSCC(=O)N[C@@H](Cc2ccccc2)C(=O)N(C)[C@@H](Cc2ccccc2)C(=O)N1C. The lowest BCUT2D eigenvalue weighted by atomic mass is 9.98. The average molecular weight is 1830 g/mol. The first kappa shape index (κ1) is 102. The van der Waals surface area contributed by atoms with Gasteiger partial charge in [-0.05, 0) is 88.4 Å². The van der Waals surface area contributed by atoms with Crippen LogP contribution in [-0.4, -0.2) is 284 Å². The Kier molecular flexibility index (Phi) is 39.0. The van der Waals surface area contributed by atoms with E-state index >= 15 is 43.2 Å². The highest BCUT2D eigenvalue weighted by Crippen LogP contribution is 2.26. The van der Waals surface area contributed by atoms with Crippen LogP contribution in [0.4, 0.5) is 0 Å². The van der Waals surface area contributed by atoms with Crippen molar-refractivity contribution >= 4 is 126 Å². The van der Waals surface area contributed by atoms with E-state index in [1.807, 2.05) is 6.92 Å². The normalized spacial score (nSPS) is 21.9. The monoisotopic (exact) mass is 1820 g/mol. The highest BCUT2D eigenvalue weighted by atomic mass is 32.2. The number of phenols is 2. The van der Waals surface area contributed by atoms with Crippen molar-refractivity contribution < 1.29 is 87.2 Å². The lowest BCUT2D eigenvalue weighted by Crippen LogP contribution is -2.61. The van der Waals surface area contributed by atoms with Crippen molar-refractivity contribution in [2.75, 3.05) is 73.4 Å². The van der Waals surface area contributed by atoms with E-state index in [1.165, 1.54) is 101 Å². The molecule has 0 spiro atoms. The van der Waals surface area contributed by atoms with E-state index < -0.39 is 198 Å². The minimum atomic E-state index is -1.64. The fourth-order valence-electron chi connectivity index (χ4n) is 15.3. The Morgan fingerprint density at radius 3 is 1.42 bits per heavy atom. The van der Waals surface area contributed by atoms with E-state index in [0.29, 0.717) is 57.1 Å². The van der Waals surface area contributed by atoms with Crippen LogP contribution in [-0.2, 0) is 110 Å². The average Bonchev–Trinajstić information content (AvgIpc) is 1.75. The number of thioether (sulfide) groups is 1. The predicted molar refractivity (Wildman–Crippen MR) is 494 cm³/mol. The second-order valence-electron chi connectivity index (χ2n) is 33.5. The number of carbonyl (C=O) groups excluding carboxylic acids is 15. The number of aromatic hydroxyl groups is 2. The Morgan fingerprint density at radius 1 is 0.469 bits per heavy atom. The standard InChI is InChI=1S/C94H121N16O18PS/c1-12-13-33-74-92(126)106(7)53-79(114)98-69(49-82(117)129)86(120)104-83(57(4)5)94(128)109(10)76(45-59-27-19-15-20-28-59)88(122)102-70(44-61-34-38-64(111)39-35-61)89(123)105(6)52-80(115)99-72(48-63-50-96-67-32-24-23-31-66(63)67)91(125)108(9)75(46-62-36-40-65(112)41-37-62)87(121)101-68(42-56(2)3)85(119)103-73(84(118)97-51-78(95)113)54-130-55-81(116)100-71(43-58-25-17-14-18-26-58)90(124)110(11)77(93(127)107(74)8)47-60-29-21-16-22-30-60/h14-32,34-41,50,56-57,68-77,83,96,111-112,117,129H,12-13,33,42-49,51-55H2,1-11H3,(H2,95,113)(H,97,118)(H,98,114)(H,99,115)(H,100,116)(H,101,121)(H,102,122)(H,103,119)(H,104,120)/t68-,69-,70-,71-,72-,73-,74-,75-,76-,77-,83-/m0/s1. The number of aliphatic hydroxyl groups excluding tert-OH is 1. The Labute approximate surface area is 763 Å². The van der Waals surface area contributed by atoms with Crippen LogP contribution in [0, 0.1) is 11.8 Å². The van der Waals surface area contributed by atoms with Gasteiger partial charge in [-0.1, -0.05) is 190 Å². The van der Waals surface area contributed by atoms with Crippen molar-refractivity contribution in [3.63, 3.8) is 0 Å². The summed E-state index contributed by atoms with van der Waals surface area (Å²) in [7, 11) is 11.1. The molecule has 2 heterocycles. The highest BCUT2D eigenvalue weighted by Gasteiger charge is 2.43. The number of unbranched alkanes of at least 4 members (excludes halogenated alkanes) is 1. The Balaban J connectivity index is 1.22. The second kappa shape index (κ2) is 49.5. The van der Waals surface area contributed by atoms with E-state index in [-0.39, 0.29) is 74.5 Å². The number of benzene rings is 6. The molecule has 1 saturated heterocycles. The first-order valence-electron chi connectivity index (χ1n) is 43.1. The minimum Gasteiger partial charge on any atom is -0.508 e. The molecule has 7 aromatic rings. The van der Waals surface area contributed by atoms with Gasteiger partial charge in [-0.2, -0.15) is 0 Å². The lowest BCUT2D eigenvalue weighted by Gasteiger charge is -2.37. The van der Waals surface area contributed by atoms with Gasteiger partial charge in [0.2, 0.25) is 88.6 Å². The summed E-state index contributed by atoms with van der Waals surface area (Å²) in [6.45, 7) is 6.44. The number of fused-ring (bicyclic) bond motifs is 1. The van der Waals surface area contributed by atoms with E-state index in [9.17, 15) is 44.1 Å². The number of H-pyrrole nitrogens is 1. The molecule has 1 aliphatic heterocycles. The summed E-state index contributed by atoms with van der Waals surface area (Å²) >= 11 is 0.843. The van der Waals surface area contributed by atoms with Crippen molar-refractivity contribution in [3.8, 4) is 11.5 Å². The fourth-order valence-corrected chi connectivity index (χ4v) is 16.3.